The van der Waals surface area contributed by atoms with Crippen LogP contribution in [0.3, 0.4) is 0 Å². The van der Waals surface area contributed by atoms with Crippen molar-refractivity contribution in [3.8, 4) is 0 Å². The molecule has 0 aromatic heterocycles. The highest BCUT2D eigenvalue weighted by atomic mass is 19.1. The van der Waals surface area contributed by atoms with E-state index in [1.807, 2.05) is 18.2 Å². The minimum atomic E-state index is -0.580. The molecule has 0 unspecified atom stereocenters. The Hall–Kier alpha value is -2.89. The third kappa shape index (κ3) is 3.48. The number of nitrogens with one attached hydrogen (secondary N) is 2. The summed E-state index contributed by atoms with van der Waals surface area (Å²) in [6.45, 7) is 0.487. The number of para-hydroxylation sites is 1. The molecule has 1 heterocycles. The van der Waals surface area contributed by atoms with Crippen molar-refractivity contribution in [2.75, 3.05) is 16.8 Å². The van der Waals surface area contributed by atoms with Crippen molar-refractivity contribution in [1.29, 1.82) is 0 Å². The number of hydrogen-bond donors (Lipinski definition) is 2. The summed E-state index contributed by atoms with van der Waals surface area (Å²) < 4.78 is 13.0. The van der Waals surface area contributed by atoms with Gasteiger partial charge in [-0.05, 0) is 42.8 Å². The zero-order valence-corrected chi connectivity index (χ0v) is 12.3. The molecular formula is C17H16FN3O2. The van der Waals surface area contributed by atoms with Gasteiger partial charge in [-0.1, -0.05) is 18.2 Å². The van der Waals surface area contributed by atoms with E-state index in [0.29, 0.717) is 24.3 Å². The van der Waals surface area contributed by atoms with Crippen molar-refractivity contribution in [2.24, 2.45) is 0 Å². The van der Waals surface area contributed by atoms with E-state index in [1.54, 1.807) is 29.2 Å². The normalized spacial score (nSPS) is 17.2. The number of carbonyl (C=O) groups is 2. The molecule has 3 rings (SSSR count). The second-order valence-corrected chi connectivity index (χ2v) is 5.27. The minimum Gasteiger partial charge on any atom is -0.326 e. The molecule has 3 amide bonds. The Labute approximate surface area is 133 Å². The van der Waals surface area contributed by atoms with Crippen LogP contribution in [0.5, 0.6) is 0 Å². The van der Waals surface area contributed by atoms with Gasteiger partial charge in [0.1, 0.15) is 11.9 Å². The van der Waals surface area contributed by atoms with Crippen LogP contribution in [0.2, 0.25) is 0 Å². The number of amides is 3. The van der Waals surface area contributed by atoms with Crippen LogP contribution in [-0.2, 0) is 4.79 Å². The average Bonchev–Trinajstić information content (AvgIpc) is 2.90. The molecule has 0 radical (unpaired) electrons. The summed E-state index contributed by atoms with van der Waals surface area (Å²) in [6, 6.07) is 13.7. The number of anilines is 2. The zero-order chi connectivity index (χ0) is 16.2. The Bertz CT molecular complexity index is 704. The van der Waals surface area contributed by atoms with Gasteiger partial charge in [-0.25, -0.2) is 9.18 Å². The first-order valence-corrected chi connectivity index (χ1v) is 7.33. The molecule has 23 heavy (non-hydrogen) atoms. The van der Waals surface area contributed by atoms with Gasteiger partial charge in [0.25, 0.3) is 0 Å². The first kappa shape index (κ1) is 15.0. The number of halogens is 1. The SMILES string of the molecule is O=C(Nc1ccccc1)N[C@H]1CCN(c2ccc(F)cc2)C1=O. The van der Waals surface area contributed by atoms with Crippen molar-refractivity contribution in [1.82, 2.24) is 5.32 Å². The molecular weight excluding hydrogens is 297 g/mol. The number of benzene rings is 2. The fourth-order valence-corrected chi connectivity index (χ4v) is 2.54. The number of nitrogens with zero attached hydrogens (tertiary/aromatic N) is 1. The summed E-state index contributed by atoms with van der Waals surface area (Å²) in [6.07, 6.45) is 0.512. The Morgan fingerprint density at radius 1 is 1.09 bits per heavy atom. The predicted molar refractivity (Wildman–Crippen MR) is 85.8 cm³/mol. The number of urea groups is 1. The van der Waals surface area contributed by atoms with E-state index < -0.39 is 12.1 Å². The Balaban J connectivity index is 1.61. The minimum absolute atomic E-state index is 0.195. The zero-order valence-electron chi connectivity index (χ0n) is 12.3. The van der Waals surface area contributed by atoms with Crippen molar-refractivity contribution in [2.45, 2.75) is 12.5 Å². The molecule has 0 saturated carbocycles. The third-order valence-electron chi connectivity index (χ3n) is 3.68. The van der Waals surface area contributed by atoms with Gasteiger partial charge in [0, 0.05) is 17.9 Å². The summed E-state index contributed by atoms with van der Waals surface area (Å²) in [5.41, 5.74) is 1.29. The topological polar surface area (TPSA) is 61.4 Å². The van der Waals surface area contributed by atoms with E-state index in [4.69, 9.17) is 0 Å². The van der Waals surface area contributed by atoms with Crippen LogP contribution < -0.4 is 15.5 Å². The maximum atomic E-state index is 13.0. The van der Waals surface area contributed by atoms with Crippen LogP contribution >= 0.6 is 0 Å². The molecule has 2 aromatic carbocycles. The van der Waals surface area contributed by atoms with Gasteiger partial charge >= 0.3 is 6.03 Å². The lowest BCUT2D eigenvalue weighted by molar-refractivity contribution is -0.118. The number of rotatable bonds is 3. The maximum absolute atomic E-state index is 13.0. The molecule has 0 aliphatic carbocycles. The fourth-order valence-electron chi connectivity index (χ4n) is 2.54. The van der Waals surface area contributed by atoms with Gasteiger partial charge < -0.3 is 15.5 Å². The highest BCUT2D eigenvalue weighted by molar-refractivity contribution is 6.02. The molecule has 5 nitrogen and oxygen atoms in total. The molecule has 2 aromatic rings. The lowest BCUT2D eigenvalue weighted by atomic mass is 10.2. The average molecular weight is 313 g/mol. The van der Waals surface area contributed by atoms with Gasteiger partial charge in [0.15, 0.2) is 0 Å². The molecule has 0 spiro atoms. The lowest BCUT2D eigenvalue weighted by Gasteiger charge is -2.17. The second-order valence-electron chi connectivity index (χ2n) is 5.27. The largest absolute Gasteiger partial charge is 0.326 e. The van der Waals surface area contributed by atoms with Crippen molar-refractivity contribution < 1.29 is 14.0 Å². The molecule has 1 aliphatic heterocycles. The van der Waals surface area contributed by atoms with Crippen LogP contribution in [0, 0.1) is 5.82 Å². The fraction of sp³-hybridized carbons (Fsp3) is 0.176. The van der Waals surface area contributed by atoms with Crippen LogP contribution in [0.4, 0.5) is 20.6 Å². The Morgan fingerprint density at radius 3 is 2.48 bits per heavy atom. The number of carbonyl (C=O) groups excluding carboxylic acids is 2. The van der Waals surface area contributed by atoms with E-state index in [2.05, 4.69) is 10.6 Å². The summed E-state index contributed by atoms with van der Waals surface area (Å²) in [5, 5.41) is 5.35. The quantitative estimate of drug-likeness (QED) is 0.915. The molecule has 118 valence electrons. The van der Waals surface area contributed by atoms with Gasteiger partial charge in [-0.15, -0.1) is 0 Å². The summed E-state index contributed by atoms with van der Waals surface area (Å²) >= 11 is 0. The number of hydrogen-bond acceptors (Lipinski definition) is 2. The van der Waals surface area contributed by atoms with Crippen molar-refractivity contribution in [3.05, 3.63) is 60.4 Å². The van der Waals surface area contributed by atoms with E-state index in [1.165, 1.54) is 12.1 Å². The smallest absolute Gasteiger partial charge is 0.319 e. The molecule has 1 atom stereocenters. The molecule has 1 saturated heterocycles. The van der Waals surface area contributed by atoms with E-state index in [-0.39, 0.29) is 11.7 Å². The van der Waals surface area contributed by atoms with E-state index >= 15 is 0 Å². The first-order chi connectivity index (χ1) is 11.1. The van der Waals surface area contributed by atoms with Gasteiger partial charge in [-0.2, -0.15) is 0 Å². The first-order valence-electron chi connectivity index (χ1n) is 7.33. The molecule has 0 bridgehead atoms. The van der Waals surface area contributed by atoms with Crippen LogP contribution in [0.15, 0.2) is 54.6 Å². The Kier molecular flexibility index (Phi) is 4.23. The van der Waals surface area contributed by atoms with Crippen molar-refractivity contribution in [3.63, 3.8) is 0 Å². The van der Waals surface area contributed by atoms with E-state index in [9.17, 15) is 14.0 Å². The lowest BCUT2D eigenvalue weighted by Crippen LogP contribution is -2.43. The highest BCUT2D eigenvalue weighted by Crippen LogP contribution is 2.22. The van der Waals surface area contributed by atoms with Gasteiger partial charge in [-0.3, -0.25) is 4.79 Å². The molecule has 6 heteroatoms. The van der Waals surface area contributed by atoms with Crippen LogP contribution in [-0.4, -0.2) is 24.5 Å². The summed E-state index contributed by atoms with van der Waals surface area (Å²) in [7, 11) is 0. The summed E-state index contributed by atoms with van der Waals surface area (Å²) in [5.74, 6) is -0.544. The maximum Gasteiger partial charge on any atom is 0.319 e. The van der Waals surface area contributed by atoms with Crippen LogP contribution in [0.25, 0.3) is 0 Å². The summed E-state index contributed by atoms with van der Waals surface area (Å²) in [4.78, 5) is 25.9. The second kappa shape index (κ2) is 6.48. The monoisotopic (exact) mass is 313 g/mol. The van der Waals surface area contributed by atoms with Gasteiger partial charge in [0.2, 0.25) is 5.91 Å². The van der Waals surface area contributed by atoms with Crippen molar-refractivity contribution >= 4 is 23.3 Å². The standard InChI is InChI=1S/C17H16FN3O2/c18-12-6-8-14(9-7-12)21-11-10-15(16(21)22)20-17(23)19-13-4-2-1-3-5-13/h1-9,15H,10-11H2,(H2,19,20,23)/t15-/m0/s1. The Morgan fingerprint density at radius 2 is 1.78 bits per heavy atom. The van der Waals surface area contributed by atoms with Gasteiger partial charge in [0.05, 0.1) is 0 Å². The molecule has 1 aliphatic rings. The molecule has 1 fully saturated rings. The highest BCUT2D eigenvalue weighted by Gasteiger charge is 2.33. The van der Waals surface area contributed by atoms with E-state index in [0.717, 1.165) is 0 Å². The third-order valence-corrected chi connectivity index (χ3v) is 3.68. The molecule has 2 N–H and O–H groups in total. The predicted octanol–water partition coefficient (Wildman–Crippen LogP) is 2.75. The van der Waals surface area contributed by atoms with Crippen LogP contribution in [0.1, 0.15) is 6.42 Å².